The highest BCUT2D eigenvalue weighted by Crippen LogP contribution is 2.63. The van der Waals surface area contributed by atoms with Gasteiger partial charge in [-0.15, -0.1) is 34.0 Å². The lowest BCUT2D eigenvalue weighted by molar-refractivity contribution is 0.311. The van der Waals surface area contributed by atoms with E-state index >= 15 is 0 Å². The first-order valence-corrected chi connectivity index (χ1v) is 56.8. The molecule has 26 rings (SSSR count). The van der Waals surface area contributed by atoms with Gasteiger partial charge in [-0.2, -0.15) is 0 Å². The van der Waals surface area contributed by atoms with Gasteiger partial charge in [0.2, 0.25) is 0 Å². The lowest BCUT2D eigenvalue weighted by Gasteiger charge is -2.48. The minimum absolute atomic E-state index is 0.00341. The molecule has 5 nitrogen and oxygen atoms in total. The molecule has 0 fully saturated rings. The van der Waals surface area contributed by atoms with E-state index in [1.165, 1.54) is 248 Å². The molecule has 12 aromatic carbocycles. The Morgan fingerprint density at radius 1 is 0.280 bits per heavy atom. The number of hydrogen-bond acceptors (Lipinski definition) is 8. The maximum atomic E-state index is 6.90. The second kappa shape index (κ2) is 29.5. The second-order valence-electron chi connectivity index (χ2n) is 56.2. The molecule has 8 heterocycles. The van der Waals surface area contributed by atoms with E-state index in [0.717, 1.165) is 86.4 Å². The van der Waals surface area contributed by atoms with Crippen LogP contribution in [0.4, 0.5) is 68.2 Å². The predicted molar refractivity (Wildman–Crippen MR) is 624 cm³/mol. The lowest BCUT2D eigenvalue weighted by Crippen LogP contribution is -2.61. The minimum atomic E-state index is -0.198. The third-order valence-corrected chi connectivity index (χ3v) is 42.8. The van der Waals surface area contributed by atoms with Crippen molar-refractivity contribution in [1.29, 1.82) is 0 Å². The number of nitrogens with zero attached hydrogens (tertiary/aromatic N) is 4. The highest BCUT2D eigenvalue weighted by molar-refractivity contribution is 7.34. The van der Waals surface area contributed by atoms with E-state index in [2.05, 4.69) is 432 Å². The number of thiophene rings is 3. The van der Waals surface area contributed by atoms with Gasteiger partial charge in [0.1, 0.15) is 11.2 Å². The Kier molecular flexibility index (Phi) is 19.1. The molecule has 0 saturated carbocycles. The first-order valence-electron chi connectivity index (χ1n) is 54.4. The molecule has 0 N–H and O–H groups in total. The van der Waals surface area contributed by atoms with Crippen LogP contribution in [-0.4, -0.2) is 13.4 Å². The van der Waals surface area contributed by atoms with Gasteiger partial charge in [0, 0.05) is 107 Å². The first kappa shape index (κ1) is 92.7. The molecule has 1 unspecified atom stereocenters. The smallest absolute Gasteiger partial charge is 0.264 e. The summed E-state index contributed by atoms with van der Waals surface area (Å²) < 4.78 is 15.3. The van der Waals surface area contributed by atoms with Crippen LogP contribution in [0.1, 0.15) is 367 Å². The van der Waals surface area contributed by atoms with Gasteiger partial charge < -0.3 is 24.0 Å². The molecule has 0 spiro atoms. The van der Waals surface area contributed by atoms with Crippen LogP contribution in [0, 0.1) is 6.92 Å². The van der Waals surface area contributed by atoms with Crippen LogP contribution in [0.3, 0.4) is 0 Å². The first-order chi connectivity index (χ1) is 67.0. The summed E-state index contributed by atoms with van der Waals surface area (Å²) in [7, 11) is 0. The van der Waals surface area contributed by atoms with Crippen LogP contribution in [0.15, 0.2) is 186 Å². The van der Waals surface area contributed by atoms with Crippen molar-refractivity contribution >= 4 is 209 Å². The molecule has 0 radical (unpaired) electrons. The van der Waals surface area contributed by atoms with Crippen LogP contribution in [0.5, 0.6) is 0 Å². The van der Waals surface area contributed by atoms with Crippen molar-refractivity contribution in [2.24, 2.45) is 0 Å². The molecule has 4 aromatic heterocycles. The maximum Gasteiger partial charge on any atom is 0.264 e. The Bertz CT molecular complexity index is 8340. The number of benzene rings is 12. The highest BCUT2D eigenvalue weighted by atomic mass is 32.1. The largest absolute Gasteiger partial charge is 0.456 e. The molecule has 16 aromatic rings. The number of rotatable bonds is 6. The molecule has 728 valence electrons. The van der Waals surface area contributed by atoms with Gasteiger partial charge in [0.15, 0.2) is 0 Å². The second-order valence-corrected chi connectivity index (χ2v) is 59.4. The van der Waals surface area contributed by atoms with E-state index in [-0.39, 0.29) is 89.2 Å². The average molecular weight is 1930 g/mol. The highest BCUT2D eigenvalue weighted by Gasteiger charge is 2.55. The summed E-state index contributed by atoms with van der Waals surface area (Å²) in [6.45, 7) is 74.9. The van der Waals surface area contributed by atoms with Crippen LogP contribution in [-0.2, 0) is 82.2 Å². The number of anilines is 12. The summed E-state index contributed by atoms with van der Waals surface area (Å²) in [5.41, 5.74) is 46.2. The van der Waals surface area contributed by atoms with Crippen molar-refractivity contribution in [2.75, 3.05) is 19.6 Å². The zero-order chi connectivity index (χ0) is 100. The van der Waals surface area contributed by atoms with Gasteiger partial charge in [-0.25, -0.2) is 0 Å². The zero-order valence-electron chi connectivity index (χ0n) is 91.1. The fourth-order valence-corrected chi connectivity index (χ4v) is 33.2. The van der Waals surface area contributed by atoms with Gasteiger partial charge in [-0.3, -0.25) is 0 Å². The van der Waals surface area contributed by atoms with Crippen molar-refractivity contribution in [1.82, 2.24) is 0 Å². The Balaban J connectivity index is 0.666. The van der Waals surface area contributed by atoms with E-state index in [4.69, 9.17) is 4.42 Å². The summed E-state index contributed by atoms with van der Waals surface area (Å²) in [6, 6.07) is 77.1. The van der Waals surface area contributed by atoms with Gasteiger partial charge in [0.25, 0.3) is 13.4 Å². The van der Waals surface area contributed by atoms with E-state index in [9.17, 15) is 0 Å². The Hall–Kier alpha value is -10.1. The quantitative estimate of drug-likeness (QED) is 0.155. The van der Waals surface area contributed by atoms with Crippen molar-refractivity contribution < 1.29 is 4.42 Å². The standard InChI is InChI=1S/C133H146B2N4OS3/c1-74-56-104-113-105(57-74)138(78-38-42-109-83(62-78)82-59-76(120(2,3)4)35-41-108(82)140-109)115-85-66-92-98(72-112(85)143-118(115)134(113)99-67-93-95(129(22,23)51-49-127(93,18)19)69-102(99)136(104)79-36-39-87-89(63-79)124(12,13)46-44-122(87,8)9)133(30,55-54-132(92,28)29)73-75-34-43-110-84(58-75)81-32-31-33-101(117(81)141-110)139-107-61-77(121(5,6)7)60-106-114(107)135(119-116(139)86-65-91-97(71-111(86)142-119)131(26,27)53-48-126(91,16)17)100-68-94-96(130(24,25)52-50-128(94,20)21)70-103(100)137(106)80-37-40-88-90(64-80)125(14,15)47-45-123(88,10)11/h31-43,56-72H,44-55,73H2,1-30H3. The summed E-state index contributed by atoms with van der Waals surface area (Å²) >= 11 is 6.22. The molecule has 4 aliphatic heterocycles. The molecule has 10 heteroatoms. The summed E-state index contributed by atoms with van der Waals surface area (Å²) in [5.74, 6) is 0. The van der Waals surface area contributed by atoms with Crippen LogP contribution >= 0.6 is 34.0 Å². The SMILES string of the molecule is Cc1cc2c3c(c1)N(c1ccc4oc5ccc(C(C)(C)C)cc5c4c1)c1c(sc4cc5c(cc14)C(C)(C)CCC5(C)Cc1ccc4sc5c(N6c7cc(C(C)(C)C)cc8c7B(c7cc9c(cc7N8c7ccc8c(c7)C(C)(C)CCC8(C)C)C(C)(C)CCC9(C)C)c7sc8cc9c(cc8c76)C(C)(C)CCC9(C)C)cccc5c4c1)B3c1cc3c(cc1N2c1ccc2c(c1)C(C)(C)CCC2(C)C)C(C)(C)CCC3(C)C. The molecule has 143 heavy (non-hydrogen) atoms. The van der Waals surface area contributed by atoms with Crippen molar-refractivity contribution in [3.8, 4) is 0 Å². The number of aryl methyl sites for hydroxylation is 1. The van der Waals surface area contributed by atoms with Gasteiger partial charge in [0.05, 0.1) is 21.8 Å². The topological polar surface area (TPSA) is 26.1 Å². The molecule has 0 bridgehead atoms. The number of furan rings is 1. The normalized spacial score (nSPS) is 21.3. The van der Waals surface area contributed by atoms with Gasteiger partial charge in [-0.05, 0) is 411 Å². The third kappa shape index (κ3) is 13.4. The maximum absolute atomic E-state index is 6.90. The monoisotopic (exact) mass is 1930 g/mol. The predicted octanol–water partition coefficient (Wildman–Crippen LogP) is 34.8. The molecule has 1 atom stereocenters. The molecule has 6 aliphatic carbocycles. The average Bonchev–Trinajstić information content (AvgIpc) is 1.33. The Labute approximate surface area is 864 Å². The van der Waals surface area contributed by atoms with Gasteiger partial charge in [-0.1, -0.05) is 249 Å². The van der Waals surface area contributed by atoms with E-state index < -0.39 is 0 Å². The van der Waals surface area contributed by atoms with Crippen LogP contribution in [0.2, 0.25) is 0 Å². The third-order valence-electron chi connectivity index (χ3n) is 39.2. The van der Waals surface area contributed by atoms with Gasteiger partial charge >= 0.3 is 0 Å². The summed E-state index contributed by atoms with van der Waals surface area (Å²) in [6.07, 6.45) is 14.7. The molecular weight excluding hydrogens is 1790 g/mol. The molecule has 0 saturated heterocycles. The molecule has 10 aliphatic rings. The lowest BCUT2D eigenvalue weighted by atomic mass is 9.35. The fourth-order valence-electron chi connectivity index (χ4n) is 29.3. The van der Waals surface area contributed by atoms with E-state index in [0.29, 0.717) is 0 Å². The summed E-state index contributed by atoms with van der Waals surface area (Å²) in [4.78, 5) is 11.2. The minimum Gasteiger partial charge on any atom is -0.456 e. The van der Waals surface area contributed by atoms with Crippen molar-refractivity contribution in [3.63, 3.8) is 0 Å². The van der Waals surface area contributed by atoms with E-state index in [1.807, 2.05) is 11.3 Å². The molecular formula is C133H146B2N4OS3. The van der Waals surface area contributed by atoms with E-state index in [1.54, 1.807) is 0 Å². The number of hydrogen-bond donors (Lipinski definition) is 0. The zero-order valence-corrected chi connectivity index (χ0v) is 93.5. The molecule has 0 amide bonds. The Morgan fingerprint density at radius 2 is 0.664 bits per heavy atom. The van der Waals surface area contributed by atoms with Crippen LogP contribution in [0.25, 0.3) is 62.3 Å². The summed E-state index contributed by atoms with van der Waals surface area (Å²) in [5, 5.41) is 7.77. The van der Waals surface area contributed by atoms with Crippen molar-refractivity contribution in [3.05, 3.63) is 271 Å². The number of fused-ring (bicyclic) bond motifs is 24. The van der Waals surface area contributed by atoms with Crippen molar-refractivity contribution in [2.45, 2.75) is 367 Å². The Morgan fingerprint density at radius 3 is 1.15 bits per heavy atom. The van der Waals surface area contributed by atoms with Crippen LogP contribution < -0.4 is 51.0 Å². The fraction of sp³-hybridized carbons (Fsp3) is 0.429.